The number of benzene rings is 1. The molecule has 0 saturated carbocycles. The second kappa shape index (κ2) is 6.40. The lowest BCUT2D eigenvalue weighted by molar-refractivity contribution is 0.625. The van der Waals surface area contributed by atoms with E-state index in [9.17, 15) is 4.39 Å². The van der Waals surface area contributed by atoms with Crippen LogP contribution in [0.25, 0.3) is 0 Å². The summed E-state index contributed by atoms with van der Waals surface area (Å²) in [6.07, 6.45) is 0. The molecule has 2 nitrogen and oxygen atoms in total. The van der Waals surface area contributed by atoms with Crippen LogP contribution in [0.4, 0.5) is 10.1 Å². The van der Waals surface area contributed by atoms with Gasteiger partial charge in [-0.1, -0.05) is 13.0 Å². The zero-order chi connectivity index (χ0) is 11.1. The van der Waals surface area contributed by atoms with Crippen molar-refractivity contribution in [1.82, 2.24) is 5.32 Å². The van der Waals surface area contributed by atoms with E-state index in [0.29, 0.717) is 0 Å². The molecule has 1 rings (SSSR count). The number of nitrogens with zero attached hydrogens (tertiary/aromatic N) is 1. The molecule has 3 heteroatoms. The highest BCUT2D eigenvalue weighted by Crippen LogP contribution is 2.14. The van der Waals surface area contributed by atoms with Gasteiger partial charge in [-0.15, -0.1) is 0 Å². The highest BCUT2D eigenvalue weighted by atomic mass is 19.1. The first-order valence-electron chi connectivity index (χ1n) is 5.49. The Balaban J connectivity index is 2.57. The Bertz CT molecular complexity index is 289. The van der Waals surface area contributed by atoms with Crippen LogP contribution in [-0.2, 0) is 0 Å². The van der Waals surface area contributed by atoms with E-state index in [2.05, 4.69) is 24.1 Å². The highest BCUT2D eigenvalue weighted by Gasteiger charge is 2.03. The molecule has 1 N–H and O–H groups in total. The lowest BCUT2D eigenvalue weighted by Gasteiger charge is -2.23. The van der Waals surface area contributed by atoms with Crippen molar-refractivity contribution in [2.75, 3.05) is 31.1 Å². The summed E-state index contributed by atoms with van der Waals surface area (Å²) in [6.45, 7) is 7.87. The Morgan fingerprint density at radius 2 is 2.13 bits per heavy atom. The van der Waals surface area contributed by atoms with Crippen molar-refractivity contribution in [3.05, 3.63) is 30.1 Å². The number of hydrogen-bond donors (Lipinski definition) is 1. The largest absolute Gasteiger partial charge is 0.370 e. The van der Waals surface area contributed by atoms with Gasteiger partial charge in [0.1, 0.15) is 5.82 Å². The average Bonchev–Trinajstić information content (AvgIpc) is 2.24. The Hall–Kier alpha value is -1.09. The van der Waals surface area contributed by atoms with Crippen molar-refractivity contribution in [2.24, 2.45) is 0 Å². The minimum atomic E-state index is -0.172. The van der Waals surface area contributed by atoms with Gasteiger partial charge < -0.3 is 10.2 Å². The lowest BCUT2D eigenvalue weighted by Crippen LogP contribution is -2.31. The second-order valence-corrected chi connectivity index (χ2v) is 3.41. The first-order chi connectivity index (χ1) is 7.27. The monoisotopic (exact) mass is 210 g/mol. The molecule has 0 saturated heterocycles. The molecule has 0 aromatic heterocycles. The van der Waals surface area contributed by atoms with Gasteiger partial charge in [0.05, 0.1) is 0 Å². The Morgan fingerprint density at radius 3 is 2.73 bits per heavy atom. The average molecular weight is 210 g/mol. The lowest BCUT2D eigenvalue weighted by atomic mass is 10.2. The Kier molecular flexibility index (Phi) is 5.12. The molecule has 0 unspecified atom stereocenters. The van der Waals surface area contributed by atoms with Crippen LogP contribution in [-0.4, -0.2) is 26.2 Å². The summed E-state index contributed by atoms with van der Waals surface area (Å²) in [7, 11) is 0. The van der Waals surface area contributed by atoms with Crippen LogP contribution in [0, 0.1) is 5.82 Å². The molecule has 0 aliphatic carbocycles. The van der Waals surface area contributed by atoms with Crippen LogP contribution in [0.3, 0.4) is 0 Å². The van der Waals surface area contributed by atoms with Gasteiger partial charge in [-0.25, -0.2) is 4.39 Å². The summed E-state index contributed by atoms with van der Waals surface area (Å²) in [5, 5.41) is 3.26. The molecule has 84 valence electrons. The van der Waals surface area contributed by atoms with E-state index in [1.165, 1.54) is 6.07 Å². The van der Waals surface area contributed by atoms with E-state index in [1.807, 2.05) is 6.07 Å². The summed E-state index contributed by atoms with van der Waals surface area (Å²) < 4.78 is 13.0. The molecule has 0 fully saturated rings. The maximum atomic E-state index is 13.0. The third-order valence-corrected chi connectivity index (χ3v) is 2.36. The summed E-state index contributed by atoms with van der Waals surface area (Å²) in [5.74, 6) is -0.172. The molecule has 0 spiro atoms. The summed E-state index contributed by atoms with van der Waals surface area (Å²) in [4.78, 5) is 2.16. The van der Waals surface area contributed by atoms with E-state index >= 15 is 0 Å². The van der Waals surface area contributed by atoms with Gasteiger partial charge in [-0.05, 0) is 31.7 Å². The summed E-state index contributed by atoms with van der Waals surface area (Å²) in [6, 6.07) is 6.75. The van der Waals surface area contributed by atoms with Crippen LogP contribution in [0.15, 0.2) is 24.3 Å². The highest BCUT2D eigenvalue weighted by molar-refractivity contribution is 5.46. The second-order valence-electron chi connectivity index (χ2n) is 3.41. The van der Waals surface area contributed by atoms with Crippen molar-refractivity contribution < 1.29 is 4.39 Å². The van der Waals surface area contributed by atoms with Crippen LogP contribution in [0.5, 0.6) is 0 Å². The molecular formula is C12H19FN2. The number of hydrogen-bond acceptors (Lipinski definition) is 2. The maximum Gasteiger partial charge on any atom is 0.125 e. The smallest absolute Gasteiger partial charge is 0.125 e. The fraction of sp³-hybridized carbons (Fsp3) is 0.500. The van der Waals surface area contributed by atoms with Crippen molar-refractivity contribution in [1.29, 1.82) is 0 Å². The molecule has 1 aromatic rings. The predicted octanol–water partition coefficient (Wildman–Crippen LogP) is 2.26. The van der Waals surface area contributed by atoms with Crippen molar-refractivity contribution in [3.63, 3.8) is 0 Å². The minimum absolute atomic E-state index is 0.172. The van der Waals surface area contributed by atoms with Gasteiger partial charge in [-0.3, -0.25) is 0 Å². The predicted molar refractivity (Wildman–Crippen MR) is 62.8 cm³/mol. The van der Waals surface area contributed by atoms with Gasteiger partial charge in [0.25, 0.3) is 0 Å². The molecule has 0 bridgehead atoms. The quantitative estimate of drug-likeness (QED) is 0.724. The SMILES string of the molecule is CCNCCN(CC)c1cccc(F)c1. The molecule has 0 amide bonds. The van der Waals surface area contributed by atoms with Crippen LogP contribution in [0.2, 0.25) is 0 Å². The molecule has 0 radical (unpaired) electrons. The van der Waals surface area contributed by atoms with E-state index in [1.54, 1.807) is 12.1 Å². The van der Waals surface area contributed by atoms with Crippen LogP contribution >= 0.6 is 0 Å². The van der Waals surface area contributed by atoms with Gasteiger partial charge in [0.2, 0.25) is 0 Å². The van der Waals surface area contributed by atoms with Crippen molar-refractivity contribution >= 4 is 5.69 Å². The standard InChI is InChI=1S/C12H19FN2/c1-3-14-8-9-15(4-2)12-7-5-6-11(13)10-12/h5-7,10,14H,3-4,8-9H2,1-2H3. The molecule has 0 heterocycles. The number of anilines is 1. The van der Waals surface area contributed by atoms with Gasteiger partial charge in [0, 0.05) is 25.3 Å². The molecule has 0 atom stereocenters. The third-order valence-electron chi connectivity index (χ3n) is 2.36. The number of nitrogens with one attached hydrogen (secondary N) is 1. The minimum Gasteiger partial charge on any atom is -0.370 e. The van der Waals surface area contributed by atoms with E-state index < -0.39 is 0 Å². The number of rotatable bonds is 6. The topological polar surface area (TPSA) is 15.3 Å². The Labute approximate surface area is 91.1 Å². The Morgan fingerprint density at radius 1 is 1.33 bits per heavy atom. The van der Waals surface area contributed by atoms with Crippen molar-refractivity contribution in [3.8, 4) is 0 Å². The fourth-order valence-electron chi connectivity index (χ4n) is 1.53. The normalized spacial score (nSPS) is 10.3. The first kappa shape index (κ1) is 12.0. The van der Waals surface area contributed by atoms with Crippen LogP contribution in [0.1, 0.15) is 13.8 Å². The van der Waals surface area contributed by atoms with E-state index in [0.717, 1.165) is 31.9 Å². The van der Waals surface area contributed by atoms with E-state index in [4.69, 9.17) is 0 Å². The fourth-order valence-corrected chi connectivity index (χ4v) is 1.53. The van der Waals surface area contributed by atoms with Gasteiger partial charge in [-0.2, -0.15) is 0 Å². The molecule has 15 heavy (non-hydrogen) atoms. The zero-order valence-corrected chi connectivity index (χ0v) is 9.46. The molecule has 0 aliphatic rings. The molecule has 1 aromatic carbocycles. The summed E-state index contributed by atoms with van der Waals surface area (Å²) >= 11 is 0. The molecular weight excluding hydrogens is 191 g/mol. The zero-order valence-electron chi connectivity index (χ0n) is 9.46. The summed E-state index contributed by atoms with van der Waals surface area (Å²) in [5.41, 5.74) is 0.954. The third kappa shape index (κ3) is 3.88. The molecule has 0 aliphatic heterocycles. The maximum absolute atomic E-state index is 13.0. The van der Waals surface area contributed by atoms with Crippen molar-refractivity contribution in [2.45, 2.75) is 13.8 Å². The van der Waals surface area contributed by atoms with Crippen LogP contribution < -0.4 is 10.2 Å². The van der Waals surface area contributed by atoms with E-state index in [-0.39, 0.29) is 5.82 Å². The number of halogens is 1. The van der Waals surface area contributed by atoms with Gasteiger partial charge in [0.15, 0.2) is 0 Å². The number of likely N-dealkylation sites (N-methyl/N-ethyl adjacent to an activating group) is 2. The first-order valence-corrected chi connectivity index (χ1v) is 5.49. The van der Waals surface area contributed by atoms with Gasteiger partial charge >= 0.3 is 0 Å².